The molecular formula is C16H19Cl2NO3. The SMILES string of the molecule is CCC#CC(C)NC(=O)C(COC)Oc1cc(Cl)cc(Cl)c1. The van der Waals surface area contributed by atoms with Crippen molar-refractivity contribution in [2.45, 2.75) is 32.4 Å². The van der Waals surface area contributed by atoms with Crippen molar-refractivity contribution in [2.24, 2.45) is 0 Å². The molecule has 1 amide bonds. The van der Waals surface area contributed by atoms with Crippen LogP contribution in [0.3, 0.4) is 0 Å². The Bertz CT molecular complexity index is 546. The van der Waals surface area contributed by atoms with Gasteiger partial charge in [0, 0.05) is 23.6 Å². The lowest BCUT2D eigenvalue weighted by Crippen LogP contribution is -2.44. The number of halogens is 2. The Labute approximate surface area is 141 Å². The van der Waals surface area contributed by atoms with E-state index in [9.17, 15) is 4.79 Å². The highest BCUT2D eigenvalue weighted by Crippen LogP contribution is 2.25. The molecule has 2 atom stereocenters. The Morgan fingerprint density at radius 3 is 2.50 bits per heavy atom. The average Bonchev–Trinajstić information content (AvgIpc) is 2.43. The predicted molar refractivity (Wildman–Crippen MR) is 88.4 cm³/mol. The van der Waals surface area contributed by atoms with Gasteiger partial charge in [-0.3, -0.25) is 4.79 Å². The van der Waals surface area contributed by atoms with E-state index in [2.05, 4.69) is 17.2 Å². The van der Waals surface area contributed by atoms with Crippen LogP contribution in [0.1, 0.15) is 20.3 Å². The summed E-state index contributed by atoms with van der Waals surface area (Å²) in [5.74, 6) is 5.93. The molecule has 0 aliphatic carbocycles. The number of amides is 1. The number of hydrogen-bond donors (Lipinski definition) is 1. The smallest absolute Gasteiger partial charge is 0.264 e. The molecule has 1 aromatic carbocycles. The summed E-state index contributed by atoms with van der Waals surface area (Å²) in [5, 5.41) is 3.63. The summed E-state index contributed by atoms with van der Waals surface area (Å²) in [4.78, 5) is 12.2. The van der Waals surface area contributed by atoms with Crippen molar-refractivity contribution in [3.8, 4) is 17.6 Å². The molecule has 6 heteroatoms. The first kappa shape index (κ1) is 18.6. The maximum Gasteiger partial charge on any atom is 0.264 e. The van der Waals surface area contributed by atoms with Gasteiger partial charge in [0.1, 0.15) is 5.75 Å². The van der Waals surface area contributed by atoms with Crippen LogP contribution in [0.2, 0.25) is 10.0 Å². The number of hydrogen-bond acceptors (Lipinski definition) is 3. The van der Waals surface area contributed by atoms with E-state index in [1.165, 1.54) is 7.11 Å². The topological polar surface area (TPSA) is 47.6 Å². The fourth-order valence-electron chi connectivity index (χ4n) is 1.67. The maximum absolute atomic E-state index is 12.2. The molecule has 0 saturated carbocycles. The van der Waals surface area contributed by atoms with Crippen molar-refractivity contribution < 1.29 is 14.3 Å². The van der Waals surface area contributed by atoms with Crippen LogP contribution in [0.5, 0.6) is 5.75 Å². The molecule has 22 heavy (non-hydrogen) atoms. The first-order valence-electron chi connectivity index (χ1n) is 6.86. The molecule has 0 heterocycles. The summed E-state index contributed by atoms with van der Waals surface area (Å²) in [6.45, 7) is 3.85. The van der Waals surface area contributed by atoms with Crippen LogP contribution in [-0.4, -0.2) is 31.8 Å². The number of carbonyl (C=O) groups excluding carboxylic acids is 1. The van der Waals surface area contributed by atoms with E-state index in [1.807, 2.05) is 6.92 Å². The summed E-state index contributed by atoms with van der Waals surface area (Å²) in [6, 6.07) is 4.50. The molecule has 0 aliphatic heterocycles. The van der Waals surface area contributed by atoms with E-state index in [0.717, 1.165) is 6.42 Å². The number of rotatable bonds is 6. The molecule has 1 rings (SSSR count). The predicted octanol–water partition coefficient (Wildman–Crippen LogP) is 3.31. The van der Waals surface area contributed by atoms with Crippen molar-refractivity contribution in [3.05, 3.63) is 28.2 Å². The summed E-state index contributed by atoms with van der Waals surface area (Å²) in [5.41, 5.74) is 0. The Kier molecular flexibility index (Phi) is 8.11. The zero-order valence-electron chi connectivity index (χ0n) is 12.8. The largest absolute Gasteiger partial charge is 0.478 e. The zero-order valence-corrected chi connectivity index (χ0v) is 14.3. The molecule has 4 nitrogen and oxygen atoms in total. The number of benzene rings is 1. The molecule has 0 fully saturated rings. The van der Waals surface area contributed by atoms with Crippen molar-refractivity contribution in [2.75, 3.05) is 13.7 Å². The van der Waals surface area contributed by atoms with Gasteiger partial charge in [-0.1, -0.05) is 36.0 Å². The molecule has 120 valence electrons. The average molecular weight is 344 g/mol. The fraction of sp³-hybridized carbons (Fsp3) is 0.438. The standard InChI is InChI=1S/C16H19Cl2NO3/c1-4-5-6-11(2)19-16(20)15(10-21-3)22-14-8-12(17)7-13(18)9-14/h7-9,11,15H,4,10H2,1-3H3,(H,19,20). The molecule has 1 N–H and O–H groups in total. The van der Waals surface area contributed by atoms with Gasteiger partial charge in [0.2, 0.25) is 0 Å². The van der Waals surface area contributed by atoms with E-state index < -0.39 is 6.10 Å². The van der Waals surface area contributed by atoms with Gasteiger partial charge in [-0.15, -0.1) is 5.92 Å². The lowest BCUT2D eigenvalue weighted by Gasteiger charge is -2.19. The third-order valence-electron chi connectivity index (χ3n) is 2.58. The lowest BCUT2D eigenvalue weighted by atomic mass is 10.2. The number of carbonyl (C=O) groups is 1. The molecule has 1 aromatic rings. The Hall–Kier alpha value is -1.41. The molecule has 0 saturated heterocycles. The normalized spacial score (nSPS) is 12.8. The molecule has 0 aliphatic rings. The second-order valence-electron chi connectivity index (χ2n) is 4.57. The molecule has 0 bridgehead atoms. The van der Waals surface area contributed by atoms with Crippen molar-refractivity contribution in [1.29, 1.82) is 0 Å². The van der Waals surface area contributed by atoms with Crippen LogP contribution in [0.4, 0.5) is 0 Å². The van der Waals surface area contributed by atoms with Crippen LogP contribution in [0.25, 0.3) is 0 Å². The second-order valence-corrected chi connectivity index (χ2v) is 5.44. The van der Waals surface area contributed by atoms with Gasteiger partial charge < -0.3 is 14.8 Å². The summed E-state index contributed by atoms with van der Waals surface area (Å²) in [7, 11) is 1.49. The molecule has 2 unspecified atom stereocenters. The van der Waals surface area contributed by atoms with E-state index in [1.54, 1.807) is 25.1 Å². The number of ether oxygens (including phenoxy) is 2. The van der Waals surface area contributed by atoms with Gasteiger partial charge in [-0.2, -0.15) is 0 Å². The Balaban J connectivity index is 2.77. The van der Waals surface area contributed by atoms with Crippen LogP contribution < -0.4 is 10.1 Å². The second kappa shape index (κ2) is 9.58. The van der Waals surface area contributed by atoms with Crippen LogP contribution in [0, 0.1) is 11.8 Å². The van der Waals surface area contributed by atoms with E-state index >= 15 is 0 Å². The quantitative estimate of drug-likeness (QED) is 0.806. The van der Waals surface area contributed by atoms with E-state index in [0.29, 0.717) is 15.8 Å². The van der Waals surface area contributed by atoms with Gasteiger partial charge in [-0.25, -0.2) is 0 Å². The third-order valence-corrected chi connectivity index (χ3v) is 3.02. The van der Waals surface area contributed by atoms with Gasteiger partial charge in [0.05, 0.1) is 12.6 Å². The fourth-order valence-corrected chi connectivity index (χ4v) is 2.18. The maximum atomic E-state index is 12.2. The van der Waals surface area contributed by atoms with Gasteiger partial charge >= 0.3 is 0 Å². The summed E-state index contributed by atoms with van der Waals surface area (Å²) >= 11 is 11.8. The van der Waals surface area contributed by atoms with Crippen molar-refractivity contribution in [1.82, 2.24) is 5.32 Å². The summed E-state index contributed by atoms with van der Waals surface area (Å²) < 4.78 is 10.7. The molecule has 0 aromatic heterocycles. The highest BCUT2D eigenvalue weighted by Gasteiger charge is 2.21. The first-order valence-corrected chi connectivity index (χ1v) is 7.62. The summed E-state index contributed by atoms with van der Waals surface area (Å²) in [6.07, 6.45) is -0.0791. The van der Waals surface area contributed by atoms with Crippen molar-refractivity contribution >= 4 is 29.1 Å². The van der Waals surface area contributed by atoms with Gasteiger partial charge in [0.25, 0.3) is 5.91 Å². The number of nitrogens with one attached hydrogen (secondary N) is 1. The van der Waals surface area contributed by atoms with Gasteiger partial charge in [-0.05, 0) is 25.1 Å². The molecule has 0 radical (unpaired) electrons. The minimum Gasteiger partial charge on any atom is -0.478 e. The van der Waals surface area contributed by atoms with Crippen molar-refractivity contribution in [3.63, 3.8) is 0 Å². The van der Waals surface area contributed by atoms with Crippen LogP contribution in [-0.2, 0) is 9.53 Å². The minimum atomic E-state index is -0.814. The van der Waals surface area contributed by atoms with Crippen LogP contribution in [0.15, 0.2) is 18.2 Å². The first-order chi connectivity index (χ1) is 10.5. The molecular weight excluding hydrogens is 325 g/mol. The molecule has 0 spiro atoms. The zero-order chi connectivity index (χ0) is 16.5. The van der Waals surface area contributed by atoms with E-state index in [-0.39, 0.29) is 18.6 Å². The highest BCUT2D eigenvalue weighted by molar-refractivity contribution is 6.34. The Morgan fingerprint density at radius 1 is 1.32 bits per heavy atom. The number of methoxy groups -OCH3 is 1. The van der Waals surface area contributed by atoms with E-state index in [4.69, 9.17) is 32.7 Å². The van der Waals surface area contributed by atoms with Gasteiger partial charge in [0.15, 0.2) is 6.10 Å². The monoisotopic (exact) mass is 343 g/mol. The Morgan fingerprint density at radius 2 is 1.95 bits per heavy atom. The lowest BCUT2D eigenvalue weighted by molar-refractivity contribution is -0.130. The minimum absolute atomic E-state index is 0.101. The highest BCUT2D eigenvalue weighted by atomic mass is 35.5. The van der Waals surface area contributed by atoms with Crippen LogP contribution >= 0.6 is 23.2 Å². The third kappa shape index (κ3) is 6.57.